The number of rotatable bonds is 5. The largest absolute Gasteiger partial charge is 0.480 e. The van der Waals surface area contributed by atoms with Crippen molar-refractivity contribution in [3.05, 3.63) is 31.0 Å². The van der Waals surface area contributed by atoms with Crippen molar-refractivity contribution in [1.82, 2.24) is 29.3 Å². The van der Waals surface area contributed by atoms with Crippen LogP contribution in [0.3, 0.4) is 0 Å². The van der Waals surface area contributed by atoms with Gasteiger partial charge in [-0.2, -0.15) is 9.97 Å². The van der Waals surface area contributed by atoms with Gasteiger partial charge in [-0.1, -0.05) is 6.92 Å². The van der Waals surface area contributed by atoms with E-state index in [1.807, 2.05) is 29.9 Å². The predicted octanol–water partition coefficient (Wildman–Crippen LogP) is 3.17. The number of hydrogen-bond donors (Lipinski definition) is 3. The summed E-state index contributed by atoms with van der Waals surface area (Å²) in [6.07, 6.45) is 13.4. The third-order valence-corrected chi connectivity index (χ3v) is 6.16. The minimum atomic E-state index is -0.528. The topological polar surface area (TPSA) is 113 Å². The maximum absolute atomic E-state index is 10.5. The molecule has 0 saturated heterocycles. The highest BCUT2D eigenvalue weighted by Gasteiger charge is 2.31. The zero-order chi connectivity index (χ0) is 20.7. The molecule has 9 nitrogen and oxygen atoms in total. The summed E-state index contributed by atoms with van der Waals surface area (Å²) in [5.41, 5.74) is 2.01. The maximum Gasteiger partial charge on any atom is 0.233 e. The Hall–Kier alpha value is -3.20. The number of H-pyrrole nitrogens is 1. The molecule has 1 aliphatic carbocycles. The van der Waals surface area contributed by atoms with Gasteiger partial charge in [-0.3, -0.25) is 4.40 Å². The van der Waals surface area contributed by atoms with Gasteiger partial charge in [-0.05, 0) is 32.1 Å². The summed E-state index contributed by atoms with van der Waals surface area (Å²) in [5.74, 6) is 1.68. The van der Waals surface area contributed by atoms with Crippen molar-refractivity contribution < 1.29 is 9.84 Å². The van der Waals surface area contributed by atoms with E-state index in [9.17, 15) is 5.11 Å². The van der Waals surface area contributed by atoms with E-state index in [1.54, 1.807) is 19.5 Å². The van der Waals surface area contributed by atoms with Crippen LogP contribution in [0, 0.1) is 0 Å². The first-order valence-corrected chi connectivity index (χ1v) is 10.3. The molecule has 0 bridgehead atoms. The molecule has 30 heavy (non-hydrogen) atoms. The minimum absolute atomic E-state index is 0.237. The number of imidazole rings is 1. The van der Waals surface area contributed by atoms with Gasteiger partial charge in [-0.25, -0.2) is 9.97 Å². The van der Waals surface area contributed by atoms with Gasteiger partial charge in [0.25, 0.3) is 0 Å². The highest BCUT2D eigenvalue weighted by atomic mass is 16.5. The van der Waals surface area contributed by atoms with Crippen LogP contribution < -0.4 is 10.1 Å². The first kappa shape index (κ1) is 18.8. The Kier molecular flexibility index (Phi) is 4.54. The van der Waals surface area contributed by atoms with Crippen molar-refractivity contribution in [2.75, 3.05) is 12.4 Å². The summed E-state index contributed by atoms with van der Waals surface area (Å²) in [6.45, 7) is 2.04. The Labute approximate surface area is 173 Å². The van der Waals surface area contributed by atoms with Crippen molar-refractivity contribution in [2.45, 2.75) is 50.7 Å². The number of nitrogens with one attached hydrogen (secondary N) is 2. The molecule has 4 heterocycles. The van der Waals surface area contributed by atoms with Crippen LogP contribution in [0.1, 0.15) is 39.0 Å². The first-order chi connectivity index (χ1) is 14.6. The Bertz CT molecular complexity index is 1190. The molecule has 1 aliphatic rings. The van der Waals surface area contributed by atoms with Crippen LogP contribution >= 0.6 is 0 Å². The normalized spacial score (nSPS) is 21.9. The lowest BCUT2D eigenvalue weighted by Gasteiger charge is -2.35. The molecule has 4 aromatic rings. The lowest BCUT2D eigenvalue weighted by atomic mass is 9.80. The molecule has 1 saturated carbocycles. The summed E-state index contributed by atoms with van der Waals surface area (Å²) < 4.78 is 7.48. The number of aromatic amines is 1. The quantitative estimate of drug-likeness (QED) is 0.466. The standard InChI is InChI=1S/C21H25N7O2/c1-3-21(29)6-4-14(5-7-21)25-19-26-17-16(18(27-19)30-2)15(11-23-17)13-10-24-20-22-8-9-28(20)12-13/h8-12,14,29H,3-7H2,1-2H3,(H2,23,25,26,27)/t14-,21+. The van der Waals surface area contributed by atoms with Crippen molar-refractivity contribution in [3.8, 4) is 17.0 Å². The van der Waals surface area contributed by atoms with E-state index in [4.69, 9.17) is 4.74 Å². The maximum atomic E-state index is 10.5. The number of fused-ring (bicyclic) bond motifs is 2. The molecule has 0 atom stereocenters. The highest BCUT2D eigenvalue weighted by Crippen LogP contribution is 2.35. The fourth-order valence-corrected chi connectivity index (χ4v) is 4.23. The van der Waals surface area contributed by atoms with Crippen LogP contribution in [-0.2, 0) is 0 Å². The molecule has 0 aromatic carbocycles. The third kappa shape index (κ3) is 3.24. The van der Waals surface area contributed by atoms with Gasteiger partial charge in [0, 0.05) is 48.2 Å². The van der Waals surface area contributed by atoms with E-state index < -0.39 is 5.60 Å². The molecule has 1 fully saturated rings. The van der Waals surface area contributed by atoms with Crippen LogP contribution in [0.4, 0.5) is 5.95 Å². The third-order valence-electron chi connectivity index (χ3n) is 6.16. The van der Waals surface area contributed by atoms with E-state index in [0.29, 0.717) is 23.3 Å². The Morgan fingerprint density at radius 2 is 2.13 bits per heavy atom. The van der Waals surface area contributed by atoms with E-state index in [-0.39, 0.29) is 6.04 Å². The molecule has 0 spiro atoms. The average molecular weight is 407 g/mol. The second-order valence-corrected chi connectivity index (χ2v) is 7.96. The lowest BCUT2D eigenvalue weighted by Crippen LogP contribution is -2.38. The van der Waals surface area contributed by atoms with Crippen molar-refractivity contribution in [2.24, 2.45) is 0 Å². The van der Waals surface area contributed by atoms with Crippen LogP contribution in [0.5, 0.6) is 5.88 Å². The van der Waals surface area contributed by atoms with Crippen molar-refractivity contribution >= 4 is 22.8 Å². The Balaban J connectivity index is 1.46. The summed E-state index contributed by atoms with van der Waals surface area (Å²) >= 11 is 0. The number of aromatic nitrogens is 6. The molecule has 0 amide bonds. The number of aliphatic hydroxyl groups is 1. The highest BCUT2D eigenvalue weighted by molar-refractivity contribution is 5.97. The van der Waals surface area contributed by atoms with Crippen molar-refractivity contribution in [3.63, 3.8) is 0 Å². The zero-order valence-electron chi connectivity index (χ0n) is 17.1. The van der Waals surface area contributed by atoms with Crippen LogP contribution in [0.25, 0.3) is 27.9 Å². The number of ether oxygens (including phenoxy) is 1. The van der Waals surface area contributed by atoms with Gasteiger partial charge in [0.15, 0.2) is 0 Å². The lowest BCUT2D eigenvalue weighted by molar-refractivity contribution is -0.00198. The van der Waals surface area contributed by atoms with E-state index in [1.165, 1.54) is 0 Å². The number of anilines is 1. The summed E-state index contributed by atoms with van der Waals surface area (Å²) in [4.78, 5) is 21.1. The summed E-state index contributed by atoms with van der Waals surface area (Å²) in [6, 6.07) is 0.237. The van der Waals surface area contributed by atoms with Crippen molar-refractivity contribution in [1.29, 1.82) is 0 Å². The molecular formula is C21H25N7O2. The van der Waals surface area contributed by atoms with Gasteiger partial charge < -0.3 is 20.1 Å². The first-order valence-electron chi connectivity index (χ1n) is 10.3. The number of hydrogen-bond acceptors (Lipinski definition) is 7. The van der Waals surface area contributed by atoms with Gasteiger partial charge in [0.2, 0.25) is 17.6 Å². The van der Waals surface area contributed by atoms with Crippen LogP contribution in [-0.4, -0.2) is 53.2 Å². The van der Waals surface area contributed by atoms with E-state index in [2.05, 4.69) is 30.2 Å². The van der Waals surface area contributed by atoms with Gasteiger partial charge in [0.05, 0.1) is 18.1 Å². The zero-order valence-corrected chi connectivity index (χ0v) is 17.1. The predicted molar refractivity (Wildman–Crippen MR) is 114 cm³/mol. The number of nitrogens with zero attached hydrogens (tertiary/aromatic N) is 5. The molecule has 9 heteroatoms. The molecule has 5 rings (SSSR count). The minimum Gasteiger partial charge on any atom is -0.480 e. The molecular weight excluding hydrogens is 382 g/mol. The molecule has 0 aliphatic heterocycles. The summed E-state index contributed by atoms with van der Waals surface area (Å²) in [7, 11) is 1.61. The smallest absolute Gasteiger partial charge is 0.233 e. The average Bonchev–Trinajstić information content (AvgIpc) is 3.41. The second kappa shape index (κ2) is 7.24. The van der Waals surface area contributed by atoms with Gasteiger partial charge in [-0.15, -0.1) is 0 Å². The monoisotopic (exact) mass is 407 g/mol. The molecule has 156 valence electrons. The molecule has 0 radical (unpaired) electrons. The Morgan fingerprint density at radius 1 is 1.30 bits per heavy atom. The fourth-order valence-electron chi connectivity index (χ4n) is 4.23. The summed E-state index contributed by atoms with van der Waals surface area (Å²) in [5, 5.41) is 14.7. The molecule has 0 unspecified atom stereocenters. The molecule has 3 N–H and O–H groups in total. The van der Waals surface area contributed by atoms with E-state index >= 15 is 0 Å². The number of methoxy groups -OCH3 is 1. The van der Waals surface area contributed by atoms with Crippen LogP contribution in [0.2, 0.25) is 0 Å². The van der Waals surface area contributed by atoms with Gasteiger partial charge in [0.1, 0.15) is 5.65 Å². The second-order valence-electron chi connectivity index (χ2n) is 7.96. The SMILES string of the molecule is CC[C@]1(O)CC[C@@H](Nc2nc(OC)c3c(-c4cnc5nccn5c4)c[nH]c3n2)CC1. The van der Waals surface area contributed by atoms with Crippen LogP contribution in [0.15, 0.2) is 31.0 Å². The van der Waals surface area contributed by atoms with E-state index in [0.717, 1.165) is 48.6 Å². The molecule has 4 aromatic heterocycles. The fraction of sp³-hybridized carbons (Fsp3) is 0.429. The van der Waals surface area contributed by atoms with Gasteiger partial charge >= 0.3 is 0 Å². The Morgan fingerprint density at radius 3 is 2.90 bits per heavy atom.